The molecule has 1 aliphatic rings. The first kappa shape index (κ1) is 15.5. The molecule has 5 nitrogen and oxygen atoms in total. The summed E-state index contributed by atoms with van der Waals surface area (Å²) < 4.78 is 10.1. The van der Waals surface area contributed by atoms with E-state index in [4.69, 9.17) is 9.47 Å². The molecule has 1 fully saturated rings. The van der Waals surface area contributed by atoms with Crippen molar-refractivity contribution >= 4 is 11.9 Å². The smallest absolute Gasteiger partial charge is 0.328 e. The second-order valence-corrected chi connectivity index (χ2v) is 5.28. The number of hydrogen-bond donors (Lipinski definition) is 1. The molecule has 114 valence electrons. The largest absolute Gasteiger partial charge is 0.467 e. The quantitative estimate of drug-likeness (QED) is 0.832. The Labute approximate surface area is 124 Å². The van der Waals surface area contributed by atoms with Gasteiger partial charge in [0.05, 0.1) is 7.11 Å². The number of esters is 1. The average Bonchev–Trinajstić information content (AvgIpc) is 3.00. The van der Waals surface area contributed by atoms with E-state index in [1.807, 2.05) is 31.2 Å². The number of nitrogens with one attached hydrogen (secondary N) is 1. The highest BCUT2D eigenvalue weighted by Gasteiger charge is 2.28. The standard InChI is InChI=1S/C16H21NO4/c1-11-5-3-6-12(9-11)10-13(16(19)20-2)17-15(18)14-7-4-8-21-14/h3,5-6,9,13-14H,4,7-8,10H2,1-2H3,(H,17,18)/t13-,14-/m0/s1. The van der Waals surface area contributed by atoms with E-state index in [-0.39, 0.29) is 5.91 Å². The predicted molar refractivity (Wildman–Crippen MR) is 77.8 cm³/mol. The van der Waals surface area contributed by atoms with Crippen LogP contribution in [0.15, 0.2) is 24.3 Å². The van der Waals surface area contributed by atoms with E-state index in [0.717, 1.165) is 17.5 Å². The number of carbonyl (C=O) groups excluding carboxylic acids is 2. The SMILES string of the molecule is COC(=O)[C@H](Cc1cccc(C)c1)NC(=O)[C@@H]1CCCO1. The van der Waals surface area contributed by atoms with Gasteiger partial charge in [-0.3, -0.25) is 4.79 Å². The molecule has 0 spiro atoms. The van der Waals surface area contributed by atoms with E-state index >= 15 is 0 Å². The van der Waals surface area contributed by atoms with E-state index < -0.39 is 18.1 Å². The van der Waals surface area contributed by atoms with Crippen LogP contribution in [0, 0.1) is 6.92 Å². The third kappa shape index (κ3) is 4.29. The number of benzene rings is 1. The Balaban J connectivity index is 2.03. The molecular weight excluding hydrogens is 270 g/mol. The molecule has 1 N–H and O–H groups in total. The van der Waals surface area contributed by atoms with Crippen LogP contribution in [0.3, 0.4) is 0 Å². The van der Waals surface area contributed by atoms with Gasteiger partial charge >= 0.3 is 5.97 Å². The minimum absolute atomic E-state index is 0.240. The fourth-order valence-corrected chi connectivity index (χ4v) is 2.46. The van der Waals surface area contributed by atoms with Crippen LogP contribution in [0.4, 0.5) is 0 Å². The Morgan fingerprint density at radius 2 is 2.29 bits per heavy atom. The van der Waals surface area contributed by atoms with Crippen LogP contribution in [0.1, 0.15) is 24.0 Å². The summed E-state index contributed by atoms with van der Waals surface area (Å²) in [5.41, 5.74) is 2.10. The predicted octanol–water partition coefficient (Wildman–Crippen LogP) is 1.37. The van der Waals surface area contributed by atoms with Crippen molar-refractivity contribution in [1.29, 1.82) is 0 Å². The average molecular weight is 291 g/mol. The van der Waals surface area contributed by atoms with Crippen LogP contribution in [-0.2, 0) is 25.5 Å². The molecule has 1 amide bonds. The van der Waals surface area contributed by atoms with E-state index in [1.165, 1.54) is 7.11 Å². The Morgan fingerprint density at radius 1 is 1.48 bits per heavy atom. The first-order valence-electron chi connectivity index (χ1n) is 7.15. The maximum Gasteiger partial charge on any atom is 0.328 e. The minimum atomic E-state index is -0.687. The molecule has 1 saturated heterocycles. The van der Waals surface area contributed by atoms with Gasteiger partial charge in [0.15, 0.2) is 0 Å². The molecule has 0 aliphatic carbocycles. The highest BCUT2D eigenvalue weighted by Crippen LogP contribution is 2.13. The fraction of sp³-hybridized carbons (Fsp3) is 0.500. The van der Waals surface area contributed by atoms with Crippen molar-refractivity contribution in [2.24, 2.45) is 0 Å². The van der Waals surface area contributed by atoms with Gasteiger partial charge in [0.25, 0.3) is 0 Å². The summed E-state index contributed by atoms with van der Waals surface area (Å²) in [6.45, 7) is 2.58. The van der Waals surface area contributed by atoms with Crippen LogP contribution >= 0.6 is 0 Å². The summed E-state index contributed by atoms with van der Waals surface area (Å²) in [6.07, 6.45) is 1.53. The minimum Gasteiger partial charge on any atom is -0.467 e. The molecule has 2 atom stereocenters. The third-order valence-corrected chi connectivity index (χ3v) is 3.55. The number of amides is 1. The van der Waals surface area contributed by atoms with Gasteiger partial charge in [0.2, 0.25) is 5.91 Å². The molecule has 0 radical (unpaired) electrons. The number of hydrogen-bond acceptors (Lipinski definition) is 4. The fourth-order valence-electron chi connectivity index (χ4n) is 2.46. The molecule has 1 aromatic rings. The second-order valence-electron chi connectivity index (χ2n) is 5.28. The Bertz CT molecular complexity index is 509. The van der Waals surface area contributed by atoms with Crippen LogP contribution < -0.4 is 5.32 Å². The second kappa shape index (κ2) is 7.22. The van der Waals surface area contributed by atoms with Crippen molar-refractivity contribution in [3.63, 3.8) is 0 Å². The van der Waals surface area contributed by atoms with Crippen LogP contribution in [0.25, 0.3) is 0 Å². The van der Waals surface area contributed by atoms with Gasteiger partial charge in [-0.05, 0) is 25.3 Å². The van der Waals surface area contributed by atoms with Crippen LogP contribution in [0.5, 0.6) is 0 Å². The van der Waals surface area contributed by atoms with Gasteiger partial charge in [-0.15, -0.1) is 0 Å². The number of rotatable bonds is 5. The highest BCUT2D eigenvalue weighted by molar-refractivity contribution is 5.87. The van der Waals surface area contributed by atoms with Gasteiger partial charge in [0.1, 0.15) is 12.1 Å². The first-order chi connectivity index (χ1) is 10.1. The van der Waals surface area contributed by atoms with Gasteiger partial charge < -0.3 is 14.8 Å². The molecule has 0 aromatic heterocycles. The number of carbonyl (C=O) groups is 2. The van der Waals surface area contributed by atoms with Gasteiger partial charge in [-0.25, -0.2) is 4.79 Å². The van der Waals surface area contributed by atoms with Gasteiger partial charge in [-0.1, -0.05) is 29.8 Å². The topological polar surface area (TPSA) is 64.6 Å². The van der Waals surface area contributed by atoms with E-state index in [2.05, 4.69) is 5.32 Å². The van der Waals surface area contributed by atoms with Crippen molar-refractivity contribution in [1.82, 2.24) is 5.32 Å². The number of methoxy groups -OCH3 is 1. The van der Waals surface area contributed by atoms with E-state index in [9.17, 15) is 9.59 Å². The van der Waals surface area contributed by atoms with E-state index in [0.29, 0.717) is 19.4 Å². The zero-order chi connectivity index (χ0) is 15.2. The molecule has 21 heavy (non-hydrogen) atoms. The highest BCUT2D eigenvalue weighted by atomic mass is 16.5. The molecule has 1 heterocycles. The molecule has 5 heteroatoms. The zero-order valence-electron chi connectivity index (χ0n) is 12.4. The van der Waals surface area contributed by atoms with Crippen LogP contribution in [0.2, 0.25) is 0 Å². The molecular formula is C16H21NO4. The molecule has 0 saturated carbocycles. The summed E-state index contributed by atoms with van der Waals surface area (Å²) >= 11 is 0. The van der Waals surface area contributed by atoms with Crippen molar-refractivity contribution < 1.29 is 19.1 Å². The lowest BCUT2D eigenvalue weighted by Gasteiger charge is -2.19. The van der Waals surface area contributed by atoms with E-state index in [1.54, 1.807) is 0 Å². The molecule has 1 aliphatic heterocycles. The molecule has 1 aromatic carbocycles. The zero-order valence-corrected chi connectivity index (χ0v) is 12.4. The Hall–Kier alpha value is -1.88. The van der Waals surface area contributed by atoms with Crippen LogP contribution in [-0.4, -0.2) is 37.7 Å². The molecule has 2 rings (SSSR count). The summed E-state index contributed by atoms with van der Waals surface area (Å²) in [6, 6.07) is 7.16. The monoisotopic (exact) mass is 291 g/mol. The molecule has 0 unspecified atom stereocenters. The third-order valence-electron chi connectivity index (χ3n) is 3.55. The summed E-state index contributed by atoms with van der Waals surface area (Å²) in [5.74, 6) is -0.682. The maximum absolute atomic E-state index is 12.1. The lowest BCUT2D eigenvalue weighted by atomic mass is 10.0. The number of aryl methyl sites for hydroxylation is 1. The number of ether oxygens (including phenoxy) is 2. The Kier molecular flexibility index (Phi) is 5.33. The van der Waals surface area contributed by atoms with Crippen molar-refractivity contribution in [3.8, 4) is 0 Å². The normalized spacial score (nSPS) is 19.0. The van der Waals surface area contributed by atoms with Crippen molar-refractivity contribution in [2.45, 2.75) is 38.3 Å². The maximum atomic E-state index is 12.1. The van der Waals surface area contributed by atoms with Gasteiger partial charge in [0, 0.05) is 13.0 Å². The summed E-state index contributed by atoms with van der Waals surface area (Å²) in [5, 5.41) is 2.74. The van der Waals surface area contributed by atoms with Crippen molar-refractivity contribution in [2.75, 3.05) is 13.7 Å². The lowest BCUT2D eigenvalue weighted by molar-refractivity contribution is -0.146. The Morgan fingerprint density at radius 3 is 2.90 bits per heavy atom. The summed E-state index contributed by atoms with van der Waals surface area (Å²) in [7, 11) is 1.32. The molecule has 0 bridgehead atoms. The van der Waals surface area contributed by atoms with Gasteiger partial charge in [-0.2, -0.15) is 0 Å². The lowest BCUT2D eigenvalue weighted by Crippen LogP contribution is -2.47. The summed E-state index contributed by atoms with van der Waals surface area (Å²) in [4.78, 5) is 24.0. The first-order valence-corrected chi connectivity index (χ1v) is 7.15. The van der Waals surface area contributed by atoms with Crippen molar-refractivity contribution in [3.05, 3.63) is 35.4 Å².